The average Bonchev–Trinajstić information content (AvgIpc) is 3.21. The van der Waals surface area contributed by atoms with E-state index in [2.05, 4.69) is 41.5 Å². The largest absolute Gasteiger partial charge is 0.455 e. The number of ether oxygens (including phenoxy) is 1. The zero-order valence-electron chi connectivity index (χ0n) is 21.5. The second-order valence-electron chi connectivity index (χ2n) is 15.4. The monoisotopic (exact) mass is 456 g/mol. The predicted molar refractivity (Wildman–Crippen MR) is 125 cm³/mol. The Bertz CT molecular complexity index is 959. The molecule has 7 aliphatic rings. The highest BCUT2D eigenvalue weighted by Gasteiger charge is 2.89. The van der Waals surface area contributed by atoms with E-state index in [9.17, 15) is 15.0 Å². The van der Waals surface area contributed by atoms with Gasteiger partial charge in [-0.3, -0.25) is 4.79 Å². The lowest BCUT2D eigenvalue weighted by Gasteiger charge is -2.74. The molecule has 5 bridgehead atoms. The van der Waals surface area contributed by atoms with E-state index in [1.807, 2.05) is 0 Å². The molecular weight excluding hydrogens is 412 g/mol. The van der Waals surface area contributed by atoms with Crippen molar-refractivity contribution >= 4 is 5.97 Å². The molecule has 33 heavy (non-hydrogen) atoms. The minimum atomic E-state index is -0.711. The molecule has 12 unspecified atom stereocenters. The minimum Gasteiger partial charge on any atom is -0.455 e. The highest BCUT2D eigenvalue weighted by Crippen LogP contribution is 2.87. The van der Waals surface area contributed by atoms with Gasteiger partial charge >= 0.3 is 5.97 Å². The first kappa shape index (κ1) is 21.7. The Balaban J connectivity index is 1.40. The molecule has 4 nitrogen and oxygen atoms in total. The molecule has 12 atom stereocenters. The molecule has 184 valence electrons. The Kier molecular flexibility index (Phi) is 3.63. The molecule has 6 aliphatic carbocycles. The molecule has 4 heteroatoms. The number of fused-ring (bicyclic) bond motifs is 4. The summed E-state index contributed by atoms with van der Waals surface area (Å²) in [6.45, 7) is 14.4. The summed E-state index contributed by atoms with van der Waals surface area (Å²) in [5.74, 6) is 1.47. The van der Waals surface area contributed by atoms with Crippen molar-refractivity contribution in [3.63, 3.8) is 0 Å². The first-order chi connectivity index (χ1) is 15.2. The number of rotatable bonds is 0. The third-order valence-corrected chi connectivity index (χ3v) is 14.7. The van der Waals surface area contributed by atoms with Crippen molar-refractivity contribution in [3.05, 3.63) is 0 Å². The third kappa shape index (κ3) is 1.84. The van der Waals surface area contributed by atoms with E-state index in [0.29, 0.717) is 17.8 Å². The van der Waals surface area contributed by atoms with Gasteiger partial charge in [0, 0.05) is 11.3 Å². The van der Waals surface area contributed by atoms with E-state index in [1.54, 1.807) is 0 Å². The van der Waals surface area contributed by atoms with Crippen LogP contribution in [0.5, 0.6) is 0 Å². The van der Waals surface area contributed by atoms with Crippen LogP contribution in [0.4, 0.5) is 0 Å². The van der Waals surface area contributed by atoms with Crippen molar-refractivity contribution in [2.75, 3.05) is 0 Å². The van der Waals surface area contributed by atoms with Gasteiger partial charge in [0.1, 0.15) is 5.60 Å². The molecule has 0 aromatic rings. The number of aliphatic hydroxyl groups is 2. The van der Waals surface area contributed by atoms with Gasteiger partial charge in [0.2, 0.25) is 0 Å². The summed E-state index contributed by atoms with van der Waals surface area (Å²) >= 11 is 0. The lowest BCUT2D eigenvalue weighted by atomic mass is 9.31. The summed E-state index contributed by atoms with van der Waals surface area (Å²) in [6.07, 6.45) is 8.23. The Morgan fingerprint density at radius 2 is 1.52 bits per heavy atom. The summed E-state index contributed by atoms with van der Waals surface area (Å²) in [5.41, 5.74) is -0.991. The number of carbonyl (C=O) groups is 1. The predicted octanol–water partition coefficient (Wildman–Crippen LogP) is 5.10. The van der Waals surface area contributed by atoms with Crippen LogP contribution in [0.1, 0.15) is 99.3 Å². The summed E-state index contributed by atoms with van der Waals surface area (Å²) in [5, 5.41) is 23.0. The molecule has 2 N–H and O–H groups in total. The molecule has 0 amide bonds. The molecule has 2 spiro atoms. The number of hydrogen-bond acceptors (Lipinski definition) is 4. The maximum atomic E-state index is 13.7. The Morgan fingerprint density at radius 1 is 0.788 bits per heavy atom. The van der Waals surface area contributed by atoms with E-state index in [1.165, 1.54) is 0 Å². The Morgan fingerprint density at radius 3 is 2.24 bits per heavy atom. The average molecular weight is 457 g/mol. The second-order valence-corrected chi connectivity index (χ2v) is 15.4. The fourth-order valence-corrected chi connectivity index (χ4v) is 13.0. The summed E-state index contributed by atoms with van der Waals surface area (Å²) in [6, 6.07) is 0. The van der Waals surface area contributed by atoms with Crippen molar-refractivity contribution in [1.82, 2.24) is 0 Å². The minimum absolute atomic E-state index is 0.0265. The van der Waals surface area contributed by atoms with Gasteiger partial charge in [-0.05, 0) is 97.2 Å². The lowest BCUT2D eigenvalue weighted by Crippen LogP contribution is -2.75. The number of esters is 1. The van der Waals surface area contributed by atoms with Gasteiger partial charge in [-0.2, -0.15) is 0 Å². The fraction of sp³-hybridized carbons (Fsp3) is 0.966. The molecule has 0 radical (unpaired) electrons. The Labute approximate surface area is 199 Å². The molecule has 1 heterocycles. The summed E-state index contributed by atoms with van der Waals surface area (Å²) < 4.78 is 6.60. The molecule has 0 aromatic carbocycles. The molecule has 6 saturated carbocycles. The maximum absolute atomic E-state index is 13.7. The highest BCUT2D eigenvalue weighted by atomic mass is 16.6. The molecule has 7 fully saturated rings. The van der Waals surface area contributed by atoms with Crippen molar-refractivity contribution in [1.29, 1.82) is 0 Å². The van der Waals surface area contributed by atoms with E-state index in [0.717, 1.165) is 57.8 Å². The van der Waals surface area contributed by atoms with Crippen LogP contribution in [0, 0.1) is 56.2 Å². The normalized spacial score (nSPS) is 66.4. The topological polar surface area (TPSA) is 66.8 Å². The quantitative estimate of drug-likeness (QED) is 0.498. The van der Waals surface area contributed by atoms with Crippen molar-refractivity contribution in [2.45, 2.75) is 117 Å². The standard InChI is InChI=1S/C29H44O4/c1-23(2)16-7-10-26(5)17(25(16,4)9-8-20(23)30)13-21(31)29-19-14-24(3)11-12-28(19,22(32)33-29)18(24)15-27(26,29)6/h16-21,30-31H,7-15H2,1-6H3. The highest BCUT2D eigenvalue weighted by molar-refractivity contribution is 5.84. The van der Waals surface area contributed by atoms with Crippen LogP contribution in [0.25, 0.3) is 0 Å². The molecule has 7 rings (SSSR count). The SMILES string of the molecule is CC12CCC34C(=O)OC5(C(O)CC6C7(C)CCC(O)C(C)(C)C7CCC6(C)C5(C)CC13)C4C2. The van der Waals surface area contributed by atoms with Gasteiger partial charge in [0.25, 0.3) is 0 Å². The van der Waals surface area contributed by atoms with Gasteiger partial charge in [-0.25, -0.2) is 0 Å². The number of aliphatic hydroxyl groups excluding tert-OH is 2. The number of carbonyl (C=O) groups excluding carboxylic acids is 1. The molecule has 1 aliphatic heterocycles. The van der Waals surface area contributed by atoms with Crippen LogP contribution in [0.2, 0.25) is 0 Å². The van der Waals surface area contributed by atoms with Crippen LogP contribution in [-0.4, -0.2) is 34.0 Å². The van der Waals surface area contributed by atoms with E-state index < -0.39 is 11.7 Å². The molecule has 1 saturated heterocycles. The smallest absolute Gasteiger partial charge is 0.313 e. The van der Waals surface area contributed by atoms with Crippen molar-refractivity contribution in [2.24, 2.45) is 56.2 Å². The van der Waals surface area contributed by atoms with E-state index >= 15 is 0 Å². The van der Waals surface area contributed by atoms with Crippen LogP contribution in [-0.2, 0) is 9.53 Å². The van der Waals surface area contributed by atoms with E-state index in [-0.39, 0.29) is 50.5 Å². The van der Waals surface area contributed by atoms with Crippen LogP contribution >= 0.6 is 0 Å². The Hall–Kier alpha value is -0.610. The van der Waals surface area contributed by atoms with Crippen LogP contribution in [0.3, 0.4) is 0 Å². The van der Waals surface area contributed by atoms with Gasteiger partial charge in [-0.1, -0.05) is 41.5 Å². The van der Waals surface area contributed by atoms with Gasteiger partial charge in [-0.15, -0.1) is 0 Å². The van der Waals surface area contributed by atoms with Gasteiger partial charge < -0.3 is 14.9 Å². The van der Waals surface area contributed by atoms with E-state index in [4.69, 9.17) is 4.74 Å². The zero-order valence-corrected chi connectivity index (χ0v) is 21.5. The summed E-state index contributed by atoms with van der Waals surface area (Å²) in [7, 11) is 0. The fourth-order valence-electron chi connectivity index (χ4n) is 13.0. The third-order valence-electron chi connectivity index (χ3n) is 14.7. The number of hydrogen-bond donors (Lipinski definition) is 2. The second kappa shape index (κ2) is 5.53. The zero-order chi connectivity index (χ0) is 23.6. The van der Waals surface area contributed by atoms with Gasteiger partial charge in [0.05, 0.1) is 17.6 Å². The van der Waals surface area contributed by atoms with Crippen molar-refractivity contribution < 1.29 is 19.7 Å². The van der Waals surface area contributed by atoms with Crippen LogP contribution < -0.4 is 0 Å². The van der Waals surface area contributed by atoms with Gasteiger partial charge in [0.15, 0.2) is 0 Å². The lowest BCUT2D eigenvalue weighted by molar-refractivity contribution is -0.311. The maximum Gasteiger partial charge on any atom is 0.313 e. The van der Waals surface area contributed by atoms with Crippen molar-refractivity contribution in [3.8, 4) is 0 Å². The van der Waals surface area contributed by atoms with Crippen LogP contribution in [0.15, 0.2) is 0 Å². The summed E-state index contributed by atoms with van der Waals surface area (Å²) in [4.78, 5) is 13.7. The molecular formula is C29H44O4. The molecule has 0 aromatic heterocycles. The first-order valence-electron chi connectivity index (χ1n) is 13.8. The first-order valence-corrected chi connectivity index (χ1v) is 13.8.